The van der Waals surface area contributed by atoms with Crippen LogP contribution in [0, 0.1) is 11.3 Å². The Balaban J connectivity index is 1.74. The average molecular weight is 301 g/mol. The Labute approximate surface area is 127 Å². The summed E-state index contributed by atoms with van der Waals surface area (Å²) in [6.45, 7) is 1.74. The van der Waals surface area contributed by atoms with Crippen LogP contribution in [-0.4, -0.2) is 13.2 Å². The number of rotatable bonds is 3. The summed E-state index contributed by atoms with van der Waals surface area (Å²) < 4.78 is 11.0. The number of benzene rings is 2. The molecule has 0 spiro atoms. The Morgan fingerprint density at radius 2 is 1.90 bits per heavy atom. The highest BCUT2D eigenvalue weighted by atomic mass is 35.5. The Morgan fingerprint density at radius 1 is 1.10 bits per heavy atom. The molecule has 5 heteroatoms. The molecule has 2 aromatic rings. The van der Waals surface area contributed by atoms with Gasteiger partial charge in [-0.2, -0.15) is 5.26 Å². The first-order valence-electron chi connectivity index (χ1n) is 6.58. The van der Waals surface area contributed by atoms with E-state index in [2.05, 4.69) is 11.4 Å². The predicted molar refractivity (Wildman–Crippen MR) is 80.9 cm³/mol. The van der Waals surface area contributed by atoms with Crippen LogP contribution in [0.2, 0.25) is 5.02 Å². The summed E-state index contributed by atoms with van der Waals surface area (Å²) >= 11 is 6.12. The molecular weight excluding hydrogens is 288 g/mol. The van der Waals surface area contributed by atoms with E-state index in [0.717, 1.165) is 22.7 Å². The fourth-order valence-corrected chi connectivity index (χ4v) is 2.31. The molecule has 21 heavy (non-hydrogen) atoms. The summed E-state index contributed by atoms with van der Waals surface area (Å²) in [4.78, 5) is 0. The molecule has 0 radical (unpaired) electrons. The van der Waals surface area contributed by atoms with E-state index in [0.29, 0.717) is 30.3 Å². The number of fused-ring (bicyclic) bond motifs is 1. The first kappa shape index (κ1) is 13.6. The van der Waals surface area contributed by atoms with E-state index in [4.69, 9.17) is 26.3 Å². The number of halogens is 1. The topological polar surface area (TPSA) is 54.3 Å². The summed E-state index contributed by atoms with van der Waals surface area (Å²) in [5.74, 6) is 1.53. The fourth-order valence-electron chi connectivity index (χ4n) is 2.13. The van der Waals surface area contributed by atoms with Crippen LogP contribution in [0.15, 0.2) is 36.4 Å². The van der Waals surface area contributed by atoms with Gasteiger partial charge in [0.2, 0.25) is 0 Å². The second-order valence-corrected chi connectivity index (χ2v) is 5.05. The van der Waals surface area contributed by atoms with Crippen molar-refractivity contribution in [3.63, 3.8) is 0 Å². The molecule has 0 unspecified atom stereocenters. The summed E-state index contributed by atoms with van der Waals surface area (Å²) in [5.41, 5.74) is 2.37. The molecule has 4 nitrogen and oxygen atoms in total. The molecule has 0 amide bonds. The molecule has 1 heterocycles. The smallest absolute Gasteiger partial charge is 0.161 e. The van der Waals surface area contributed by atoms with Crippen molar-refractivity contribution in [2.24, 2.45) is 0 Å². The molecule has 0 saturated carbocycles. The third kappa shape index (κ3) is 3.04. The van der Waals surface area contributed by atoms with E-state index in [1.165, 1.54) is 0 Å². The number of hydrogen-bond donors (Lipinski definition) is 1. The first-order chi connectivity index (χ1) is 10.3. The van der Waals surface area contributed by atoms with Crippen molar-refractivity contribution in [2.75, 3.05) is 18.5 Å². The van der Waals surface area contributed by atoms with Crippen molar-refractivity contribution in [3.8, 4) is 17.6 Å². The predicted octanol–water partition coefficient (Wildman–Crippen LogP) is 3.59. The van der Waals surface area contributed by atoms with Crippen LogP contribution in [0.3, 0.4) is 0 Å². The maximum atomic E-state index is 8.92. The number of nitriles is 1. The summed E-state index contributed by atoms with van der Waals surface area (Å²) in [7, 11) is 0. The van der Waals surface area contributed by atoms with E-state index < -0.39 is 0 Å². The van der Waals surface area contributed by atoms with Crippen molar-refractivity contribution >= 4 is 17.3 Å². The van der Waals surface area contributed by atoms with Gasteiger partial charge in [-0.3, -0.25) is 0 Å². The minimum absolute atomic E-state index is 0.569. The van der Waals surface area contributed by atoms with Crippen LogP contribution >= 0.6 is 11.6 Å². The third-order valence-corrected chi connectivity index (χ3v) is 3.51. The van der Waals surface area contributed by atoms with Crippen LogP contribution < -0.4 is 14.8 Å². The maximum absolute atomic E-state index is 8.92. The molecule has 0 aromatic heterocycles. The first-order valence-corrected chi connectivity index (χ1v) is 6.96. The molecule has 1 aliphatic rings. The molecule has 0 atom stereocenters. The van der Waals surface area contributed by atoms with Gasteiger partial charge in [0.05, 0.1) is 22.3 Å². The maximum Gasteiger partial charge on any atom is 0.161 e. The van der Waals surface area contributed by atoms with Gasteiger partial charge in [-0.25, -0.2) is 0 Å². The fraction of sp³-hybridized carbons (Fsp3) is 0.188. The van der Waals surface area contributed by atoms with Gasteiger partial charge in [0, 0.05) is 6.54 Å². The lowest BCUT2D eigenvalue weighted by Gasteiger charge is -2.19. The third-order valence-electron chi connectivity index (χ3n) is 3.19. The van der Waals surface area contributed by atoms with E-state index in [1.807, 2.05) is 18.2 Å². The largest absolute Gasteiger partial charge is 0.486 e. The number of anilines is 1. The van der Waals surface area contributed by atoms with Gasteiger partial charge in [0.25, 0.3) is 0 Å². The molecule has 0 bridgehead atoms. The van der Waals surface area contributed by atoms with Gasteiger partial charge in [-0.1, -0.05) is 17.7 Å². The van der Waals surface area contributed by atoms with Gasteiger partial charge in [-0.05, 0) is 35.9 Å². The standard InChI is InChI=1S/C16H13ClN2O2/c17-13-3-1-11(9-18)7-14(13)19-10-12-2-4-15-16(8-12)21-6-5-20-15/h1-4,7-8,19H,5-6,10H2. The number of nitrogens with one attached hydrogen (secondary N) is 1. The van der Waals surface area contributed by atoms with Crippen molar-refractivity contribution in [3.05, 3.63) is 52.5 Å². The van der Waals surface area contributed by atoms with Crippen molar-refractivity contribution in [1.82, 2.24) is 0 Å². The molecule has 2 aromatic carbocycles. The lowest BCUT2D eigenvalue weighted by atomic mass is 10.1. The summed E-state index contributed by atoms with van der Waals surface area (Å²) in [6.07, 6.45) is 0. The molecular formula is C16H13ClN2O2. The molecule has 3 rings (SSSR count). The number of nitrogens with zero attached hydrogens (tertiary/aromatic N) is 1. The van der Waals surface area contributed by atoms with Crippen LogP contribution in [0.4, 0.5) is 5.69 Å². The quantitative estimate of drug-likeness (QED) is 0.941. The Hall–Kier alpha value is -2.38. The van der Waals surface area contributed by atoms with Crippen LogP contribution in [0.25, 0.3) is 0 Å². The van der Waals surface area contributed by atoms with Gasteiger partial charge in [0.15, 0.2) is 11.5 Å². The van der Waals surface area contributed by atoms with E-state index in [1.54, 1.807) is 18.2 Å². The molecule has 1 aliphatic heterocycles. The zero-order valence-corrected chi connectivity index (χ0v) is 12.0. The lowest BCUT2D eigenvalue weighted by molar-refractivity contribution is 0.171. The van der Waals surface area contributed by atoms with Crippen LogP contribution in [0.1, 0.15) is 11.1 Å². The number of hydrogen-bond acceptors (Lipinski definition) is 4. The molecule has 1 N–H and O–H groups in total. The minimum atomic E-state index is 0.569. The lowest BCUT2D eigenvalue weighted by Crippen LogP contribution is -2.15. The monoisotopic (exact) mass is 300 g/mol. The Bertz CT molecular complexity index is 710. The van der Waals surface area contributed by atoms with Gasteiger partial charge >= 0.3 is 0 Å². The Kier molecular flexibility index (Phi) is 3.85. The highest BCUT2D eigenvalue weighted by molar-refractivity contribution is 6.33. The Morgan fingerprint density at radius 3 is 2.71 bits per heavy atom. The second kappa shape index (κ2) is 5.94. The molecule has 0 saturated heterocycles. The SMILES string of the molecule is N#Cc1ccc(Cl)c(NCc2ccc3c(c2)OCCO3)c1. The highest BCUT2D eigenvalue weighted by Crippen LogP contribution is 2.31. The summed E-state index contributed by atoms with van der Waals surface area (Å²) in [5, 5.41) is 12.7. The second-order valence-electron chi connectivity index (χ2n) is 4.64. The van der Waals surface area contributed by atoms with Gasteiger partial charge in [0.1, 0.15) is 13.2 Å². The van der Waals surface area contributed by atoms with Crippen molar-refractivity contribution in [2.45, 2.75) is 6.54 Å². The van der Waals surface area contributed by atoms with E-state index >= 15 is 0 Å². The van der Waals surface area contributed by atoms with Crippen molar-refractivity contribution < 1.29 is 9.47 Å². The van der Waals surface area contributed by atoms with Crippen LogP contribution in [-0.2, 0) is 6.54 Å². The van der Waals surface area contributed by atoms with Crippen molar-refractivity contribution in [1.29, 1.82) is 5.26 Å². The highest BCUT2D eigenvalue weighted by Gasteiger charge is 2.11. The molecule has 0 aliphatic carbocycles. The summed E-state index contributed by atoms with van der Waals surface area (Å²) in [6, 6.07) is 13.1. The molecule has 0 fully saturated rings. The minimum Gasteiger partial charge on any atom is -0.486 e. The normalized spacial score (nSPS) is 12.6. The number of ether oxygens (including phenoxy) is 2. The zero-order chi connectivity index (χ0) is 14.7. The van der Waals surface area contributed by atoms with E-state index in [-0.39, 0.29) is 0 Å². The van der Waals surface area contributed by atoms with Gasteiger partial charge in [-0.15, -0.1) is 0 Å². The van der Waals surface area contributed by atoms with Crippen LogP contribution in [0.5, 0.6) is 11.5 Å². The van der Waals surface area contributed by atoms with E-state index in [9.17, 15) is 0 Å². The average Bonchev–Trinajstić information content (AvgIpc) is 2.54. The zero-order valence-electron chi connectivity index (χ0n) is 11.2. The van der Waals surface area contributed by atoms with Gasteiger partial charge < -0.3 is 14.8 Å². The molecule has 106 valence electrons.